The van der Waals surface area contributed by atoms with E-state index in [4.69, 9.17) is 9.47 Å². The Balaban J connectivity index is 2.41. The lowest BCUT2D eigenvalue weighted by molar-refractivity contribution is 0.0616. The standard InChI is InChI=1S/C15H25NO2/c1-15(2,3)16-11-13-6-5-7-14(10-13)12-18-9-8-17-4/h5-7,10,16H,8-9,11-12H2,1-4H3. The first-order valence-corrected chi connectivity index (χ1v) is 6.41. The van der Waals surface area contributed by atoms with E-state index in [1.165, 1.54) is 11.1 Å². The van der Waals surface area contributed by atoms with Crippen molar-refractivity contribution >= 4 is 0 Å². The molecular formula is C15H25NO2. The summed E-state index contributed by atoms with van der Waals surface area (Å²) in [6.07, 6.45) is 0. The summed E-state index contributed by atoms with van der Waals surface area (Å²) in [5.41, 5.74) is 2.64. The molecular weight excluding hydrogens is 226 g/mol. The Morgan fingerprint density at radius 3 is 2.50 bits per heavy atom. The van der Waals surface area contributed by atoms with Crippen LogP contribution in [0.2, 0.25) is 0 Å². The van der Waals surface area contributed by atoms with E-state index in [9.17, 15) is 0 Å². The first kappa shape index (κ1) is 15.2. The Morgan fingerprint density at radius 1 is 1.11 bits per heavy atom. The minimum absolute atomic E-state index is 0.144. The molecule has 0 aliphatic carbocycles. The number of methoxy groups -OCH3 is 1. The minimum Gasteiger partial charge on any atom is -0.382 e. The zero-order valence-electron chi connectivity index (χ0n) is 12.0. The third-order valence-corrected chi connectivity index (χ3v) is 2.51. The first-order valence-electron chi connectivity index (χ1n) is 6.41. The van der Waals surface area contributed by atoms with Crippen LogP contribution in [0.1, 0.15) is 31.9 Å². The van der Waals surface area contributed by atoms with E-state index in [2.05, 4.69) is 50.4 Å². The van der Waals surface area contributed by atoms with Crippen LogP contribution in [0.4, 0.5) is 0 Å². The minimum atomic E-state index is 0.144. The summed E-state index contributed by atoms with van der Waals surface area (Å²) in [7, 11) is 1.68. The van der Waals surface area contributed by atoms with Gasteiger partial charge in [-0.1, -0.05) is 24.3 Å². The Morgan fingerprint density at radius 2 is 1.83 bits per heavy atom. The molecule has 0 heterocycles. The van der Waals surface area contributed by atoms with Crippen LogP contribution in [0.5, 0.6) is 0 Å². The van der Waals surface area contributed by atoms with Gasteiger partial charge in [-0.05, 0) is 31.9 Å². The van der Waals surface area contributed by atoms with Gasteiger partial charge in [0, 0.05) is 19.2 Å². The molecule has 0 bridgehead atoms. The average Bonchev–Trinajstić information content (AvgIpc) is 2.32. The zero-order chi connectivity index (χ0) is 13.4. The number of nitrogens with one attached hydrogen (secondary N) is 1. The van der Waals surface area contributed by atoms with E-state index in [1.54, 1.807) is 7.11 Å². The second-order valence-electron chi connectivity index (χ2n) is 5.47. The maximum absolute atomic E-state index is 5.52. The van der Waals surface area contributed by atoms with Crippen LogP contribution in [0.15, 0.2) is 24.3 Å². The van der Waals surface area contributed by atoms with Gasteiger partial charge < -0.3 is 14.8 Å². The fraction of sp³-hybridized carbons (Fsp3) is 0.600. The molecule has 1 N–H and O–H groups in total. The van der Waals surface area contributed by atoms with E-state index in [-0.39, 0.29) is 5.54 Å². The Kier molecular flexibility index (Phi) is 6.33. The average molecular weight is 251 g/mol. The summed E-state index contributed by atoms with van der Waals surface area (Å²) < 4.78 is 10.5. The topological polar surface area (TPSA) is 30.5 Å². The largest absolute Gasteiger partial charge is 0.382 e. The highest BCUT2D eigenvalue weighted by Gasteiger charge is 2.08. The van der Waals surface area contributed by atoms with Crippen LogP contribution in [-0.4, -0.2) is 25.9 Å². The fourth-order valence-corrected chi connectivity index (χ4v) is 1.53. The molecule has 0 aliphatic heterocycles. The second-order valence-corrected chi connectivity index (χ2v) is 5.47. The van der Waals surface area contributed by atoms with Crippen molar-refractivity contribution in [3.63, 3.8) is 0 Å². The summed E-state index contributed by atoms with van der Waals surface area (Å²) in [5, 5.41) is 3.48. The van der Waals surface area contributed by atoms with Gasteiger partial charge in [-0.25, -0.2) is 0 Å². The predicted octanol–water partition coefficient (Wildman–Crippen LogP) is 2.74. The van der Waals surface area contributed by atoms with Crippen molar-refractivity contribution in [3.8, 4) is 0 Å². The van der Waals surface area contributed by atoms with Gasteiger partial charge in [0.15, 0.2) is 0 Å². The Labute approximate surface area is 110 Å². The quantitative estimate of drug-likeness (QED) is 0.756. The van der Waals surface area contributed by atoms with Crippen molar-refractivity contribution in [1.82, 2.24) is 5.32 Å². The van der Waals surface area contributed by atoms with Gasteiger partial charge in [-0.15, -0.1) is 0 Å². The van der Waals surface area contributed by atoms with E-state index >= 15 is 0 Å². The van der Waals surface area contributed by atoms with Gasteiger partial charge in [0.1, 0.15) is 0 Å². The molecule has 3 heteroatoms. The van der Waals surface area contributed by atoms with E-state index in [0.29, 0.717) is 19.8 Å². The maximum Gasteiger partial charge on any atom is 0.0718 e. The highest BCUT2D eigenvalue weighted by molar-refractivity contribution is 5.23. The van der Waals surface area contributed by atoms with Gasteiger partial charge in [-0.3, -0.25) is 0 Å². The SMILES string of the molecule is COCCOCc1cccc(CNC(C)(C)C)c1. The van der Waals surface area contributed by atoms with Crippen molar-refractivity contribution in [2.45, 2.75) is 39.5 Å². The molecule has 0 aliphatic rings. The van der Waals surface area contributed by atoms with Crippen molar-refractivity contribution < 1.29 is 9.47 Å². The molecule has 1 rings (SSSR count). The van der Waals surface area contributed by atoms with Crippen molar-refractivity contribution in [1.29, 1.82) is 0 Å². The molecule has 3 nitrogen and oxygen atoms in total. The molecule has 0 unspecified atom stereocenters. The lowest BCUT2D eigenvalue weighted by atomic mass is 10.1. The lowest BCUT2D eigenvalue weighted by Crippen LogP contribution is -2.35. The summed E-state index contributed by atoms with van der Waals surface area (Å²) in [6.45, 7) is 9.33. The monoisotopic (exact) mass is 251 g/mol. The molecule has 0 radical (unpaired) electrons. The van der Waals surface area contributed by atoms with E-state index < -0.39 is 0 Å². The number of hydrogen-bond acceptors (Lipinski definition) is 3. The number of ether oxygens (including phenoxy) is 2. The van der Waals surface area contributed by atoms with Crippen molar-refractivity contribution in [2.75, 3.05) is 20.3 Å². The molecule has 1 aromatic carbocycles. The van der Waals surface area contributed by atoms with Crippen LogP contribution in [0.25, 0.3) is 0 Å². The number of hydrogen-bond donors (Lipinski definition) is 1. The zero-order valence-corrected chi connectivity index (χ0v) is 12.0. The molecule has 0 fully saturated rings. The molecule has 0 aromatic heterocycles. The molecule has 0 amide bonds. The maximum atomic E-state index is 5.52. The predicted molar refractivity (Wildman–Crippen MR) is 74.6 cm³/mol. The molecule has 1 aromatic rings. The highest BCUT2D eigenvalue weighted by atomic mass is 16.5. The van der Waals surface area contributed by atoms with Crippen LogP contribution in [0, 0.1) is 0 Å². The van der Waals surface area contributed by atoms with Crippen LogP contribution < -0.4 is 5.32 Å². The van der Waals surface area contributed by atoms with E-state index in [1.807, 2.05) is 0 Å². The van der Waals surface area contributed by atoms with Crippen molar-refractivity contribution in [3.05, 3.63) is 35.4 Å². The number of benzene rings is 1. The summed E-state index contributed by atoms with van der Waals surface area (Å²) in [4.78, 5) is 0. The van der Waals surface area contributed by atoms with Crippen LogP contribution in [0.3, 0.4) is 0 Å². The lowest BCUT2D eigenvalue weighted by Gasteiger charge is -2.20. The second kappa shape index (κ2) is 7.52. The molecule has 18 heavy (non-hydrogen) atoms. The normalized spacial score (nSPS) is 11.8. The first-order chi connectivity index (χ1) is 8.51. The Bertz CT molecular complexity index is 345. The van der Waals surface area contributed by atoms with Crippen LogP contribution >= 0.6 is 0 Å². The van der Waals surface area contributed by atoms with Crippen molar-refractivity contribution in [2.24, 2.45) is 0 Å². The van der Waals surface area contributed by atoms with Gasteiger partial charge in [0.25, 0.3) is 0 Å². The third kappa shape index (κ3) is 6.74. The molecule has 0 saturated carbocycles. The van der Waals surface area contributed by atoms with Gasteiger partial charge in [0.2, 0.25) is 0 Å². The highest BCUT2D eigenvalue weighted by Crippen LogP contribution is 2.08. The third-order valence-electron chi connectivity index (χ3n) is 2.51. The number of rotatable bonds is 7. The molecule has 0 atom stereocenters. The fourth-order valence-electron chi connectivity index (χ4n) is 1.53. The van der Waals surface area contributed by atoms with E-state index in [0.717, 1.165) is 6.54 Å². The molecule has 0 saturated heterocycles. The van der Waals surface area contributed by atoms with Gasteiger partial charge in [-0.2, -0.15) is 0 Å². The summed E-state index contributed by atoms with van der Waals surface area (Å²) in [6, 6.07) is 8.49. The molecule has 102 valence electrons. The summed E-state index contributed by atoms with van der Waals surface area (Å²) in [5.74, 6) is 0. The van der Waals surface area contributed by atoms with Gasteiger partial charge >= 0.3 is 0 Å². The summed E-state index contributed by atoms with van der Waals surface area (Å²) >= 11 is 0. The molecule has 0 spiro atoms. The van der Waals surface area contributed by atoms with Crippen LogP contribution in [-0.2, 0) is 22.6 Å². The Hall–Kier alpha value is -0.900. The smallest absolute Gasteiger partial charge is 0.0718 e. The van der Waals surface area contributed by atoms with Gasteiger partial charge in [0.05, 0.1) is 19.8 Å².